The highest BCUT2D eigenvalue weighted by Gasteiger charge is 2.19. The number of rotatable bonds is 6. The first-order valence-corrected chi connectivity index (χ1v) is 13.4. The van der Waals surface area contributed by atoms with Crippen molar-refractivity contribution >= 4 is 56.8 Å². The highest BCUT2D eigenvalue weighted by atomic mass is 16.5. The SMILES string of the molecule is COC(=O)CCC1=C(C)c2cc3cc(C)c(cc4nc(cc5[nH]c(cc1n2)c(CCC(=O)OC)c5C)C(C)=C4)[nH]3. The Morgan fingerprint density at radius 1 is 0.750 bits per heavy atom. The number of aromatic nitrogens is 4. The molecule has 0 aromatic carbocycles. The van der Waals surface area contributed by atoms with Crippen molar-refractivity contribution in [1.82, 2.24) is 19.9 Å². The molecular weight excluding hydrogens is 504 g/mol. The molecule has 8 heteroatoms. The maximum atomic E-state index is 12.0. The van der Waals surface area contributed by atoms with Crippen LogP contribution in [0.2, 0.25) is 0 Å². The van der Waals surface area contributed by atoms with Gasteiger partial charge in [0, 0.05) is 34.9 Å². The van der Waals surface area contributed by atoms with Crippen LogP contribution in [0.5, 0.6) is 0 Å². The number of allylic oxidation sites excluding steroid dienone is 3. The molecule has 0 atom stereocenters. The van der Waals surface area contributed by atoms with E-state index in [1.165, 1.54) is 14.2 Å². The van der Waals surface area contributed by atoms with Gasteiger partial charge in [0.25, 0.3) is 0 Å². The zero-order valence-electron chi connectivity index (χ0n) is 23.8. The van der Waals surface area contributed by atoms with E-state index in [-0.39, 0.29) is 24.8 Å². The number of carbonyl (C=O) groups is 2. The third-order valence-electron chi connectivity index (χ3n) is 7.69. The molecule has 3 aromatic heterocycles. The van der Waals surface area contributed by atoms with Crippen LogP contribution in [0.1, 0.15) is 72.6 Å². The molecular formula is C32H34N4O4. The van der Waals surface area contributed by atoms with Gasteiger partial charge in [-0.25, -0.2) is 9.97 Å². The topological polar surface area (TPSA) is 110 Å². The number of aryl methyl sites for hydroxylation is 3. The van der Waals surface area contributed by atoms with Gasteiger partial charge in [0.05, 0.1) is 37.0 Å². The highest BCUT2D eigenvalue weighted by Crippen LogP contribution is 2.35. The summed E-state index contributed by atoms with van der Waals surface area (Å²) in [5.74, 6) is -0.527. The summed E-state index contributed by atoms with van der Waals surface area (Å²) >= 11 is 0. The molecule has 8 nitrogen and oxygen atoms in total. The summed E-state index contributed by atoms with van der Waals surface area (Å²) in [6, 6.07) is 10.3. The summed E-state index contributed by atoms with van der Waals surface area (Å²) in [5.41, 5.74) is 13.4. The first-order valence-electron chi connectivity index (χ1n) is 13.4. The molecule has 0 fully saturated rings. The molecule has 0 saturated carbocycles. The van der Waals surface area contributed by atoms with Crippen LogP contribution in [0, 0.1) is 13.8 Å². The molecule has 0 saturated heterocycles. The van der Waals surface area contributed by atoms with E-state index in [0.717, 1.165) is 78.3 Å². The fourth-order valence-electron chi connectivity index (χ4n) is 5.30. The number of aromatic amines is 2. The Labute approximate surface area is 233 Å². The molecule has 206 valence electrons. The second-order valence-corrected chi connectivity index (χ2v) is 10.3. The van der Waals surface area contributed by atoms with Gasteiger partial charge in [-0.3, -0.25) is 9.59 Å². The van der Waals surface area contributed by atoms with E-state index in [9.17, 15) is 9.59 Å². The summed E-state index contributed by atoms with van der Waals surface area (Å²) in [5, 5.41) is 0. The first kappa shape index (κ1) is 27.1. The van der Waals surface area contributed by atoms with E-state index >= 15 is 0 Å². The minimum Gasteiger partial charge on any atom is -0.469 e. The number of ether oxygens (including phenoxy) is 2. The van der Waals surface area contributed by atoms with Crippen molar-refractivity contribution in [2.24, 2.45) is 0 Å². The molecule has 0 aliphatic carbocycles. The van der Waals surface area contributed by atoms with Crippen molar-refractivity contribution in [3.05, 3.63) is 69.8 Å². The molecule has 0 unspecified atom stereocenters. The van der Waals surface area contributed by atoms with E-state index in [2.05, 4.69) is 55.0 Å². The maximum absolute atomic E-state index is 12.0. The van der Waals surface area contributed by atoms with Gasteiger partial charge in [0.15, 0.2) is 0 Å². The smallest absolute Gasteiger partial charge is 0.305 e. The van der Waals surface area contributed by atoms with Gasteiger partial charge in [-0.1, -0.05) is 0 Å². The summed E-state index contributed by atoms with van der Waals surface area (Å²) < 4.78 is 9.83. The van der Waals surface area contributed by atoms with Crippen LogP contribution in [0.25, 0.3) is 44.9 Å². The largest absolute Gasteiger partial charge is 0.469 e. The van der Waals surface area contributed by atoms with Crippen molar-refractivity contribution in [2.45, 2.75) is 53.4 Å². The van der Waals surface area contributed by atoms with E-state index in [0.29, 0.717) is 12.8 Å². The Morgan fingerprint density at radius 2 is 1.45 bits per heavy atom. The third-order valence-corrected chi connectivity index (χ3v) is 7.69. The van der Waals surface area contributed by atoms with Gasteiger partial charge in [0.1, 0.15) is 0 Å². The molecule has 3 aromatic rings. The number of nitrogens with one attached hydrogen (secondary N) is 2. The molecule has 2 aliphatic heterocycles. The number of methoxy groups -OCH3 is 2. The number of H-pyrrole nitrogens is 2. The Morgan fingerprint density at radius 3 is 2.17 bits per heavy atom. The lowest BCUT2D eigenvalue weighted by atomic mass is 10.0. The van der Waals surface area contributed by atoms with Crippen LogP contribution in [0.4, 0.5) is 0 Å². The predicted molar refractivity (Wildman–Crippen MR) is 158 cm³/mol. The maximum Gasteiger partial charge on any atom is 0.305 e. The Bertz CT molecular complexity index is 1750. The zero-order valence-corrected chi connectivity index (χ0v) is 23.8. The zero-order chi connectivity index (χ0) is 28.6. The van der Waals surface area contributed by atoms with Crippen molar-refractivity contribution in [3.63, 3.8) is 0 Å². The van der Waals surface area contributed by atoms with Crippen molar-refractivity contribution in [3.8, 4) is 0 Å². The average molecular weight is 539 g/mol. The minimum absolute atomic E-state index is 0.256. The second kappa shape index (κ2) is 11.0. The molecule has 8 bridgehead atoms. The van der Waals surface area contributed by atoms with Gasteiger partial charge in [0.2, 0.25) is 0 Å². The highest BCUT2D eigenvalue weighted by molar-refractivity contribution is 5.94. The van der Waals surface area contributed by atoms with E-state index in [4.69, 9.17) is 19.4 Å². The molecule has 0 radical (unpaired) electrons. The summed E-state index contributed by atoms with van der Waals surface area (Å²) in [6.45, 7) is 8.22. The third kappa shape index (κ3) is 5.34. The first-order chi connectivity index (χ1) is 19.2. The summed E-state index contributed by atoms with van der Waals surface area (Å²) in [6.07, 6.45) is 3.62. The van der Waals surface area contributed by atoms with E-state index in [1.54, 1.807) is 0 Å². The van der Waals surface area contributed by atoms with Crippen molar-refractivity contribution in [1.29, 1.82) is 0 Å². The van der Waals surface area contributed by atoms with Crippen LogP contribution in [-0.4, -0.2) is 46.1 Å². The molecule has 2 aliphatic rings. The Hall–Kier alpha value is -4.46. The van der Waals surface area contributed by atoms with Gasteiger partial charge < -0.3 is 19.4 Å². The lowest BCUT2D eigenvalue weighted by Crippen LogP contribution is -2.02. The normalized spacial score (nSPS) is 12.9. The van der Waals surface area contributed by atoms with E-state index in [1.807, 2.05) is 19.1 Å². The fraction of sp³-hybridized carbons (Fsp3) is 0.312. The second-order valence-electron chi connectivity index (χ2n) is 10.3. The quantitative estimate of drug-likeness (QED) is 0.348. The van der Waals surface area contributed by atoms with E-state index < -0.39 is 0 Å². The molecule has 5 heterocycles. The molecule has 0 amide bonds. The Kier molecular flexibility index (Phi) is 7.43. The average Bonchev–Trinajstić information content (AvgIpc) is 3.62. The van der Waals surface area contributed by atoms with Gasteiger partial charge >= 0.3 is 11.9 Å². The molecule has 2 N–H and O–H groups in total. The van der Waals surface area contributed by atoms with Gasteiger partial charge in [-0.2, -0.15) is 0 Å². The molecule has 40 heavy (non-hydrogen) atoms. The van der Waals surface area contributed by atoms with Crippen LogP contribution in [0.15, 0.2) is 30.3 Å². The molecule has 5 rings (SSSR count). The summed E-state index contributed by atoms with van der Waals surface area (Å²) in [4.78, 5) is 41.1. The lowest BCUT2D eigenvalue weighted by Gasteiger charge is -2.04. The monoisotopic (exact) mass is 538 g/mol. The van der Waals surface area contributed by atoms with Crippen LogP contribution in [-0.2, 0) is 25.5 Å². The summed E-state index contributed by atoms with van der Waals surface area (Å²) in [7, 11) is 2.80. The number of hydrogen-bond acceptors (Lipinski definition) is 6. The number of fused-ring (bicyclic) bond motifs is 8. The van der Waals surface area contributed by atoms with Crippen LogP contribution < -0.4 is 0 Å². The Balaban J connectivity index is 1.82. The minimum atomic E-state index is -0.265. The van der Waals surface area contributed by atoms with Gasteiger partial charge in [-0.05, 0) is 110 Å². The predicted octanol–water partition coefficient (Wildman–Crippen LogP) is 6.48. The van der Waals surface area contributed by atoms with Crippen LogP contribution in [0.3, 0.4) is 0 Å². The standard InChI is InChI=1S/C32H34N4O4/c1-17-11-22-14-27-19(3)23(7-9-31(37)39-5)29(35-27)16-30-24(8-10-32(38)40-6)20(4)28(36-30)15-26-18(2)12-21(34-26)13-25(17)33-22/h11-16,33,36H,7-10H2,1-6H3. The lowest BCUT2D eigenvalue weighted by molar-refractivity contribution is -0.141. The van der Waals surface area contributed by atoms with Crippen molar-refractivity contribution in [2.75, 3.05) is 14.2 Å². The number of nitrogens with zero attached hydrogens (tertiary/aromatic N) is 2. The van der Waals surface area contributed by atoms with Crippen molar-refractivity contribution < 1.29 is 19.1 Å². The number of carbonyl (C=O) groups excluding carboxylic acids is 2. The van der Waals surface area contributed by atoms with Crippen LogP contribution >= 0.6 is 0 Å². The number of esters is 2. The number of hydrogen-bond donors (Lipinski definition) is 2. The molecule has 0 spiro atoms. The van der Waals surface area contributed by atoms with Gasteiger partial charge in [-0.15, -0.1) is 0 Å². The fourth-order valence-corrected chi connectivity index (χ4v) is 5.30.